The van der Waals surface area contributed by atoms with Gasteiger partial charge in [-0.15, -0.1) is 0 Å². The Morgan fingerprint density at radius 3 is 2.24 bits per heavy atom. The first-order valence-electron chi connectivity index (χ1n) is 8.28. The van der Waals surface area contributed by atoms with E-state index in [0.29, 0.717) is 5.41 Å². The topological polar surface area (TPSA) is 18.5 Å². The molecule has 0 amide bonds. The molecule has 1 unspecified atom stereocenters. The maximum absolute atomic E-state index is 3.35. The van der Waals surface area contributed by atoms with Gasteiger partial charge in [0.2, 0.25) is 0 Å². The predicted octanol–water partition coefficient (Wildman–Crippen LogP) is 2.44. The average Bonchev–Trinajstić information content (AvgIpc) is 2.51. The van der Waals surface area contributed by atoms with Crippen molar-refractivity contribution in [3.8, 4) is 0 Å². The number of benzene rings is 1. The zero-order chi connectivity index (χ0) is 15.1. The van der Waals surface area contributed by atoms with Crippen LogP contribution in [0.4, 0.5) is 0 Å². The van der Waals surface area contributed by atoms with E-state index in [9.17, 15) is 0 Å². The van der Waals surface area contributed by atoms with Crippen molar-refractivity contribution in [1.29, 1.82) is 0 Å². The number of hydrogen-bond acceptors (Lipinski definition) is 3. The summed E-state index contributed by atoms with van der Waals surface area (Å²) < 4.78 is 0. The normalized spacial score (nSPS) is 20.3. The zero-order valence-electron chi connectivity index (χ0n) is 13.9. The molecule has 1 heterocycles. The van der Waals surface area contributed by atoms with Gasteiger partial charge in [0.1, 0.15) is 0 Å². The van der Waals surface area contributed by atoms with Gasteiger partial charge >= 0.3 is 0 Å². The Morgan fingerprint density at radius 1 is 1.05 bits per heavy atom. The third-order valence-corrected chi connectivity index (χ3v) is 4.78. The van der Waals surface area contributed by atoms with Crippen LogP contribution in [0, 0.1) is 5.41 Å². The lowest BCUT2D eigenvalue weighted by molar-refractivity contribution is 0.0855. The lowest BCUT2D eigenvalue weighted by atomic mass is 9.86. The maximum atomic E-state index is 3.35. The summed E-state index contributed by atoms with van der Waals surface area (Å²) in [5.41, 5.74) is 1.83. The van der Waals surface area contributed by atoms with Crippen molar-refractivity contribution >= 4 is 0 Å². The fraction of sp³-hybridized carbons (Fsp3) is 0.667. The van der Waals surface area contributed by atoms with Gasteiger partial charge < -0.3 is 10.2 Å². The molecule has 0 aromatic heterocycles. The predicted molar refractivity (Wildman–Crippen MR) is 90.5 cm³/mol. The van der Waals surface area contributed by atoms with Gasteiger partial charge in [-0.25, -0.2) is 0 Å². The summed E-state index contributed by atoms with van der Waals surface area (Å²) in [7, 11) is 2.06. The lowest BCUT2D eigenvalue weighted by Crippen LogP contribution is -2.50. The molecule has 1 atom stereocenters. The summed E-state index contributed by atoms with van der Waals surface area (Å²) in [6.07, 6.45) is 1.23. The number of hydrogen-bond donors (Lipinski definition) is 1. The van der Waals surface area contributed by atoms with Crippen molar-refractivity contribution in [2.24, 2.45) is 5.41 Å². The molecule has 21 heavy (non-hydrogen) atoms. The number of nitrogens with zero attached hydrogens (tertiary/aromatic N) is 2. The SMILES string of the molecule is CCC(C)(CNC)CN1CCN(Cc2ccccc2)CC1. The maximum Gasteiger partial charge on any atom is 0.0234 e. The quantitative estimate of drug-likeness (QED) is 0.832. The first-order valence-corrected chi connectivity index (χ1v) is 8.28. The van der Waals surface area contributed by atoms with Gasteiger partial charge in [0.05, 0.1) is 0 Å². The van der Waals surface area contributed by atoms with Crippen LogP contribution in [0.15, 0.2) is 30.3 Å². The molecule has 1 aliphatic heterocycles. The third kappa shape index (κ3) is 5.10. The van der Waals surface area contributed by atoms with Gasteiger partial charge in [-0.1, -0.05) is 44.2 Å². The minimum absolute atomic E-state index is 0.399. The van der Waals surface area contributed by atoms with Crippen LogP contribution in [-0.4, -0.2) is 56.1 Å². The lowest BCUT2D eigenvalue weighted by Gasteiger charge is -2.40. The van der Waals surface area contributed by atoms with E-state index in [1.54, 1.807) is 0 Å². The summed E-state index contributed by atoms with van der Waals surface area (Å²) in [6, 6.07) is 10.8. The van der Waals surface area contributed by atoms with Crippen molar-refractivity contribution < 1.29 is 0 Å². The minimum Gasteiger partial charge on any atom is -0.319 e. The van der Waals surface area contributed by atoms with Gasteiger partial charge in [-0.2, -0.15) is 0 Å². The first kappa shape index (κ1) is 16.5. The molecule has 0 aliphatic carbocycles. The van der Waals surface area contributed by atoms with E-state index in [-0.39, 0.29) is 0 Å². The molecule has 1 aromatic carbocycles. The summed E-state index contributed by atoms with van der Waals surface area (Å²) >= 11 is 0. The average molecular weight is 289 g/mol. The van der Waals surface area contributed by atoms with Crippen LogP contribution in [0.2, 0.25) is 0 Å². The van der Waals surface area contributed by atoms with E-state index in [1.165, 1.54) is 44.7 Å². The van der Waals surface area contributed by atoms with E-state index in [1.807, 2.05) is 0 Å². The Balaban J connectivity index is 1.78. The monoisotopic (exact) mass is 289 g/mol. The standard InChI is InChI=1S/C18H31N3/c1-4-18(2,15-19-3)16-21-12-10-20(11-13-21)14-17-8-6-5-7-9-17/h5-9,19H,4,10-16H2,1-3H3. The molecular weight excluding hydrogens is 258 g/mol. The van der Waals surface area contributed by atoms with Crippen LogP contribution < -0.4 is 5.32 Å². The molecule has 0 bridgehead atoms. The Hall–Kier alpha value is -0.900. The molecule has 1 aliphatic rings. The Labute approximate surface area is 130 Å². The molecule has 0 saturated carbocycles. The number of rotatable bonds is 7. The summed E-state index contributed by atoms with van der Waals surface area (Å²) in [5.74, 6) is 0. The summed E-state index contributed by atoms with van der Waals surface area (Å²) in [5, 5.41) is 3.35. The van der Waals surface area contributed by atoms with Crippen molar-refractivity contribution in [1.82, 2.24) is 15.1 Å². The molecular formula is C18H31N3. The van der Waals surface area contributed by atoms with E-state index in [0.717, 1.165) is 13.1 Å². The van der Waals surface area contributed by atoms with Crippen LogP contribution >= 0.6 is 0 Å². The van der Waals surface area contributed by atoms with E-state index in [4.69, 9.17) is 0 Å². The highest BCUT2D eigenvalue weighted by Gasteiger charge is 2.26. The van der Waals surface area contributed by atoms with E-state index in [2.05, 4.69) is 66.3 Å². The molecule has 3 nitrogen and oxygen atoms in total. The van der Waals surface area contributed by atoms with Gasteiger partial charge in [0.25, 0.3) is 0 Å². The highest BCUT2D eigenvalue weighted by atomic mass is 15.3. The van der Waals surface area contributed by atoms with Gasteiger partial charge in [0.15, 0.2) is 0 Å². The Morgan fingerprint density at radius 2 is 1.67 bits per heavy atom. The highest BCUT2D eigenvalue weighted by Crippen LogP contribution is 2.22. The molecule has 118 valence electrons. The van der Waals surface area contributed by atoms with Crippen LogP contribution in [-0.2, 0) is 6.54 Å². The van der Waals surface area contributed by atoms with Crippen LogP contribution in [0.25, 0.3) is 0 Å². The second kappa shape index (κ2) is 7.92. The smallest absolute Gasteiger partial charge is 0.0234 e. The van der Waals surface area contributed by atoms with Crippen molar-refractivity contribution in [3.63, 3.8) is 0 Å². The molecule has 2 rings (SSSR count). The fourth-order valence-corrected chi connectivity index (χ4v) is 3.21. The van der Waals surface area contributed by atoms with Gasteiger partial charge in [-0.05, 0) is 24.4 Å². The second-order valence-corrected chi connectivity index (χ2v) is 6.73. The van der Waals surface area contributed by atoms with Gasteiger partial charge in [0, 0.05) is 45.8 Å². The highest BCUT2D eigenvalue weighted by molar-refractivity contribution is 5.14. The van der Waals surface area contributed by atoms with Crippen molar-refractivity contribution in [2.45, 2.75) is 26.8 Å². The first-order chi connectivity index (χ1) is 10.1. The van der Waals surface area contributed by atoms with E-state index >= 15 is 0 Å². The molecule has 3 heteroatoms. The summed E-state index contributed by atoms with van der Waals surface area (Å²) in [4.78, 5) is 5.22. The van der Waals surface area contributed by atoms with Crippen molar-refractivity contribution in [2.75, 3.05) is 46.3 Å². The number of nitrogens with one attached hydrogen (secondary N) is 1. The largest absolute Gasteiger partial charge is 0.319 e. The zero-order valence-corrected chi connectivity index (χ0v) is 13.9. The van der Waals surface area contributed by atoms with Crippen molar-refractivity contribution in [3.05, 3.63) is 35.9 Å². The molecule has 0 radical (unpaired) electrons. The molecule has 0 spiro atoms. The number of piperazine rings is 1. The molecule has 1 saturated heterocycles. The van der Waals surface area contributed by atoms with Crippen LogP contribution in [0.1, 0.15) is 25.8 Å². The third-order valence-electron chi connectivity index (χ3n) is 4.78. The second-order valence-electron chi connectivity index (χ2n) is 6.73. The van der Waals surface area contributed by atoms with Crippen LogP contribution in [0.3, 0.4) is 0 Å². The van der Waals surface area contributed by atoms with Crippen LogP contribution in [0.5, 0.6) is 0 Å². The Bertz CT molecular complexity index is 398. The molecule has 1 fully saturated rings. The molecule has 1 aromatic rings. The Kier molecular flexibility index (Phi) is 6.22. The fourth-order valence-electron chi connectivity index (χ4n) is 3.21. The molecule has 1 N–H and O–H groups in total. The minimum atomic E-state index is 0.399. The summed E-state index contributed by atoms with van der Waals surface area (Å²) in [6.45, 7) is 12.9. The van der Waals surface area contributed by atoms with Gasteiger partial charge in [-0.3, -0.25) is 4.90 Å². The van der Waals surface area contributed by atoms with E-state index < -0.39 is 0 Å².